The van der Waals surface area contributed by atoms with Crippen LogP contribution in [0.3, 0.4) is 0 Å². The van der Waals surface area contributed by atoms with Gasteiger partial charge in [0.1, 0.15) is 10.5 Å². The highest BCUT2D eigenvalue weighted by atomic mass is 32.2. The number of carboxylic acid groups (broad SMARTS) is 1. The van der Waals surface area contributed by atoms with Gasteiger partial charge in [-0.2, -0.15) is 0 Å². The van der Waals surface area contributed by atoms with E-state index in [1.807, 2.05) is 23.1 Å². The molecular formula is C24H33N3O4S3. The maximum Gasteiger partial charge on any atom is 0.323 e. The Hall–Kier alpha value is -1.91. The SMILES string of the molecule is COc1ccccc1SCCCN(C(=O)Nc1ncc(SC(C)(C)C(=O)O)s1)C1CCCCC1. The molecule has 7 nitrogen and oxygen atoms in total. The summed E-state index contributed by atoms with van der Waals surface area (Å²) in [7, 11) is 1.68. The quantitative estimate of drug-likeness (QED) is 0.258. The number of amides is 2. The standard InChI is InChI=1S/C24H33N3O4S3/c1-24(2,21(28)29)34-20-16-25-22(33-20)26-23(30)27(17-10-5-4-6-11-17)14-9-15-32-19-13-8-7-12-18(19)31-3/h7-8,12-13,16-17H,4-6,9-11,14-15H2,1-3H3,(H,28,29)(H,25,26,30). The average molecular weight is 524 g/mol. The third-order valence-corrected chi connectivity index (χ3v) is 9.06. The molecule has 2 N–H and O–H groups in total. The first kappa shape index (κ1) is 26.7. The van der Waals surface area contributed by atoms with Crippen molar-refractivity contribution in [2.75, 3.05) is 24.7 Å². The van der Waals surface area contributed by atoms with Crippen molar-refractivity contribution < 1.29 is 19.4 Å². The van der Waals surface area contributed by atoms with E-state index in [1.165, 1.54) is 29.5 Å². The first-order valence-corrected chi connectivity index (χ1v) is 14.1. The van der Waals surface area contributed by atoms with Crippen LogP contribution in [0.25, 0.3) is 0 Å². The number of methoxy groups -OCH3 is 1. The second-order valence-electron chi connectivity index (χ2n) is 8.67. The maximum absolute atomic E-state index is 13.2. The summed E-state index contributed by atoms with van der Waals surface area (Å²) < 4.78 is 5.24. The smallest absolute Gasteiger partial charge is 0.323 e. The minimum absolute atomic E-state index is 0.127. The van der Waals surface area contributed by atoms with E-state index in [0.717, 1.165) is 52.7 Å². The van der Waals surface area contributed by atoms with Crippen molar-refractivity contribution in [1.82, 2.24) is 9.88 Å². The Balaban J connectivity index is 1.59. The zero-order valence-electron chi connectivity index (χ0n) is 19.9. The molecule has 2 amide bonds. The Morgan fingerprint density at radius 1 is 1.26 bits per heavy atom. The molecule has 1 aliphatic rings. The van der Waals surface area contributed by atoms with Gasteiger partial charge in [-0.05, 0) is 51.0 Å². The Morgan fingerprint density at radius 2 is 2.00 bits per heavy atom. The summed E-state index contributed by atoms with van der Waals surface area (Å²) in [6.07, 6.45) is 8.07. The van der Waals surface area contributed by atoms with E-state index in [9.17, 15) is 14.7 Å². The van der Waals surface area contributed by atoms with Crippen LogP contribution in [0.1, 0.15) is 52.4 Å². The fraction of sp³-hybridized carbons (Fsp3) is 0.542. The zero-order chi connectivity index (χ0) is 24.6. The summed E-state index contributed by atoms with van der Waals surface area (Å²) in [6, 6.07) is 8.09. The minimum Gasteiger partial charge on any atom is -0.496 e. The number of carbonyl (C=O) groups is 2. The number of thioether (sulfide) groups is 2. The number of carboxylic acids is 1. The predicted molar refractivity (Wildman–Crippen MR) is 141 cm³/mol. The number of nitrogens with zero attached hydrogens (tertiary/aromatic N) is 2. The lowest BCUT2D eigenvalue weighted by molar-refractivity contribution is -0.138. The van der Waals surface area contributed by atoms with Crippen LogP contribution in [0.2, 0.25) is 0 Å². The Morgan fingerprint density at radius 3 is 2.71 bits per heavy atom. The molecule has 1 heterocycles. The predicted octanol–water partition coefficient (Wildman–Crippen LogP) is 6.46. The van der Waals surface area contributed by atoms with Gasteiger partial charge >= 0.3 is 12.0 Å². The molecule has 0 spiro atoms. The van der Waals surface area contributed by atoms with Gasteiger partial charge in [-0.15, -0.1) is 11.8 Å². The molecule has 1 aliphatic carbocycles. The second-order valence-corrected chi connectivity index (χ2v) is 12.8. The van der Waals surface area contributed by atoms with Gasteiger partial charge in [0.2, 0.25) is 0 Å². The number of thiazole rings is 1. The summed E-state index contributed by atoms with van der Waals surface area (Å²) in [5, 5.41) is 12.8. The summed E-state index contributed by atoms with van der Waals surface area (Å²) >= 11 is 4.29. The summed E-state index contributed by atoms with van der Waals surface area (Å²) in [5.41, 5.74) is 0. The van der Waals surface area contributed by atoms with Gasteiger partial charge in [0, 0.05) is 17.5 Å². The van der Waals surface area contributed by atoms with E-state index < -0.39 is 10.7 Å². The monoisotopic (exact) mass is 523 g/mol. The third kappa shape index (κ3) is 7.55. The topological polar surface area (TPSA) is 91.8 Å². The van der Waals surface area contributed by atoms with E-state index in [-0.39, 0.29) is 12.1 Å². The summed E-state index contributed by atoms with van der Waals surface area (Å²) in [5.74, 6) is 0.878. The van der Waals surface area contributed by atoms with Gasteiger partial charge in [-0.1, -0.05) is 54.5 Å². The number of nitrogens with one attached hydrogen (secondary N) is 1. The molecule has 2 aromatic rings. The molecule has 34 heavy (non-hydrogen) atoms. The van der Waals surface area contributed by atoms with E-state index >= 15 is 0 Å². The van der Waals surface area contributed by atoms with Crippen LogP contribution in [0.15, 0.2) is 39.6 Å². The maximum atomic E-state index is 13.2. The first-order valence-electron chi connectivity index (χ1n) is 11.5. The first-order chi connectivity index (χ1) is 16.3. The molecule has 1 saturated carbocycles. The van der Waals surface area contributed by atoms with Crippen LogP contribution in [0, 0.1) is 0 Å². The number of anilines is 1. The van der Waals surface area contributed by atoms with Gasteiger partial charge in [0.15, 0.2) is 5.13 Å². The third-order valence-electron chi connectivity index (χ3n) is 5.72. The van der Waals surface area contributed by atoms with Crippen molar-refractivity contribution in [3.05, 3.63) is 30.5 Å². The number of carbonyl (C=O) groups excluding carboxylic acids is 1. The Labute approximate surface area is 214 Å². The number of urea groups is 1. The van der Waals surface area contributed by atoms with Gasteiger partial charge in [0.25, 0.3) is 0 Å². The van der Waals surface area contributed by atoms with Gasteiger partial charge in [-0.25, -0.2) is 9.78 Å². The highest BCUT2D eigenvalue weighted by Crippen LogP contribution is 2.37. The molecule has 0 aliphatic heterocycles. The number of ether oxygens (including phenoxy) is 1. The van der Waals surface area contributed by atoms with Crippen LogP contribution in [-0.2, 0) is 4.79 Å². The van der Waals surface area contributed by atoms with E-state index in [2.05, 4.69) is 16.4 Å². The second kappa shape index (κ2) is 12.7. The Bertz CT molecular complexity index is 960. The number of hydrogen-bond donors (Lipinski definition) is 2. The molecule has 0 bridgehead atoms. The average Bonchev–Trinajstić information content (AvgIpc) is 3.25. The number of hydrogen-bond acceptors (Lipinski definition) is 7. The Kier molecular flexibility index (Phi) is 9.97. The molecule has 0 saturated heterocycles. The van der Waals surface area contributed by atoms with Crippen LogP contribution < -0.4 is 10.1 Å². The number of benzene rings is 1. The highest BCUT2D eigenvalue weighted by Gasteiger charge is 2.30. The lowest BCUT2D eigenvalue weighted by Gasteiger charge is -2.34. The van der Waals surface area contributed by atoms with E-state index in [4.69, 9.17) is 4.74 Å². The van der Waals surface area contributed by atoms with Gasteiger partial charge < -0.3 is 14.7 Å². The molecule has 3 rings (SSSR count). The molecule has 10 heteroatoms. The van der Waals surface area contributed by atoms with Crippen LogP contribution in [0.5, 0.6) is 5.75 Å². The summed E-state index contributed by atoms with van der Waals surface area (Å²) in [4.78, 5) is 32.0. The molecule has 1 aromatic carbocycles. The molecule has 0 unspecified atom stereocenters. The molecular weight excluding hydrogens is 490 g/mol. The molecule has 1 fully saturated rings. The van der Waals surface area contributed by atoms with Crippen LogP contribution >= 0.6 is 34.9 Å². The number of para-hydroxylation sites is 1. The van der Waals surface area contributed by atoms with Crippen LogP contribution in [-0.4, -0.2) is 57.2 Å². The molecule has 0 atom stereocenters. The number of aliphatic carboxylic acids is 1. The minimum atomic E-state index is -0.957. The fourth-order valence-electron chi connectivity index (χ4n) is 3.82. The zero-order valence-corrected chi connectivity index (χ0v) is 22.4. The van der Waals surface area contributed by atoms with Crippen molar-refractivity contribution in [3.63, 3.8) is 0 Å². The molecule has 0 radical (unpaired) electrons. The molecule has 186 valence electrons. The van der Waals surface area contributed by atoms with E-state index in [0.29, 0.717) is 11.7 Å². The van der Waals surface area contributed by atoms with Crippen LogP contribution in [0.4, 0.5) is 9.93 Å². The van der Waals surface area contributed by atoms with Gasteiger partial charge in [0.05, 0.1) is 17.5 Å². The van der Waals surface area contributed by atoms with E-state index in [1.54, 1.807) is 38.9 Å². The lowest BCUT2D eigenvalue weighted by Crippen LogP contribution is -2.44. The summed E-state index contributed by atoms with van der Waals surface area (Å²) in [6.45, 7) is 4.00. The highest BCUT2D eigenvalue weighted by molar-refractivity contribution is 8.03. The normalized spacial score (nSPS) is 14.6. The number of aromatic nitrogens is 1. The lowest BCUT2D eigenvalue weighted by atomic mass is 9.94. The van der Waals surface area contributed by atoms with Crippen molar-refractivity contribution >= 4 is 52.0 Å². The number of rotatable bonds is 11. The molecule has 1 aromatic heterocycles. The van der Waals surface area contributed by atoms with Crippen molar-refractivity contribution in [2.24, 2.45) is 0 Å². The van der Waals surface area contributed by atoms with Crippen molar-refractivity contribution in [1.29, 1.82) is 0 Å². The fourth-order valence-corrected chi connectivity index (χ4v) is 7.05. The largest absolute Gasteiger partial charge is 0.496 e. The van der Waals surface area contributed by atoms with Crippen molar-refractivity contribution in [3.8, 4) is 5.75 Å². The van der Waals surface area contributed by atoms with Crippen molar-refractivity contribution in [2.45, 2.75) is 72.3 Å². The van der Waals surface area contributed by atoms with Gasteiger partial charge in [-0.3, -0.25) is 10.1 Å².